The van der Waals surface area contributed by atoms with E-state index in [0.717, 1.165) is 22.6 Å². The van der Waals surface area contributed by atoms with E-state index in [1.165, 1.54) is 4.90 Å². The van der Waals surface area contributed by atoms with Crippen LogP contribution in [0, 0.1) is 11.6 Å². The normalized spacial score (nSPS) is 15.3. The van der Waals surface area contributed by atoms with Crippen LogP contribution in [0.5, 0.6) is 0 Å². The molecular formula is C22H19F2NO3S2. The average Bonchev–Trinajstić information content (AvgIpc) is 3.28. The summed E-state index contributed by atoms with van der Waals surface area (Å²) in [4.78, 5) is 15.3. The summed E-state index contributed by atoms with van der Waals surface area (Å²) >= 11 is 1.59. The SMILES string of the molecule is O=C(c1ccc(F)cc1F)N1CCC(S(=O)(=O)c2ccc(-c3cccs3)cc2)CC1. The molecule has 1 amide bonds. The molecule has 1 aliphatic heterocycles. The molecule has 0 unspecified atom stereocenters. The third kappa shape index (κ3) is 4.02. The number of likely N-dealkylation sites (tertiary alicyclic amines) is 1. The minimum absolute atomic E-state index is 0.201. The minimum atomic E-state index is -3.53. The van der Waals surface area contributed by atoms with Crippen molar-refractivity contribution in [2.75, 3.05) is 13.1 Å². The number of hydrogen-bond donors (Lipinski definition) is 0. The van der Waals surface area contributed by atoms with Crippen molar-refractivity contribution in [3.8, 4) is 10.4 Å². The summed E-state index contributed by atoms with van der Waals surface area (Å²) in [6, 6.07) is 13.6. The second kappa shape index (κ2) is 8.28. The van der Waals surface area contributed by atoms with E-state index in [9.17, 15) is 22.0 Å². The summed E-state index contributed by atoms with van der Waals surface area (Å²) < 4.78 is 53.0. The van der Waals surface area contributed by atoms with Crippen LogP contribution in [-0.2, 0) is 9.84 Å². The molecule has 0 spiro atoms. The van der Waals surface area contributed by atoms with Gasteiger partial charge in [-0.05, 0) is 54.1 Å². The van der Waals surface area contributed by atoms with Crippen molar-refractivity contribution in [3.05, 3.63) is 77.2 Å². The average molecular weight is 448 g/mol. The monoisotopic (exact) mass is 447 g/mol. The van der Waals surface area contributed by atoms with Gasteiger partial charge in [-0.3, -0.25) is 4.79 Å². The van der Waals surface area contributed by atoms with Crippen LogP contribution in [0.15, 0.2) is 64.9 Å². The maximum atomic E-state index is 13.9. The van der Waals surface area contributed by atoms with E-state index in [1.54, 1.807) is 35.6 Å². The Morgan fingerprint density at radius 2 is 1.70 bits per heavy atom. The number of hydrogen-bond acceptors (Lipinski definition) is 4. The van der Waals surface area contributed by atoms with Gasteiger partial charge in [0.25, 0.3) is 5.91 Å². The lowest BCUT2D eigenvalue weighted by Crippen LogP contribution is -2.42. The predicted octanol–water partition coefficient (Wildman–Crippen LogP) is 4.77. The zero-order chi connectivity index (χ0) is 21.3. The highest BCUT2D eigenvalue weighted by Gasteiger charge is 2.33. The lowest BCUT2D eigenvalue weighted by atomic mass is 10.1. The van der Waals surface area contributed by atoms with Crippen LogP contribution in [-0.4, -0.2) is 37.6 Å². The van der Waals surface area contributed by atoms with E-state index >= 15 is 0 Å². The summed E-state index contributed by atoms with van der Waals surface area (Å²) in [5, 5.41) is 1.36. The molecule has 8 heteroatoms. The zero-order valence-electron chi connectivity index (χ0n) is 15.9. The smallest absolute Gasteiger partial charge is 0.256 e. The summed E-state index contributed by atoms with van der Waals surface area (Å²) in [5.41, 5.74) is 0.757. The molecule has 0 radical (unpaired) electrons. The highest BCUT2D eigenvalue weighted by molar-refractivity contribution is 7.92. The molecule has 1 aromatic heterocycles. The molecule has 1 aliphatic rings. The first-order valence-corrected chi connectivity index (χ1v) is 11.9. The van der Waals surface area contributed by atoms with Crippen LogP contribution in [0.25, 0.3) is 10.4 Å². The summed E-state index contributed by atoms with van der Waals surface area (Å²) in [5.74, 6) is -2.22. The largest absolute Gasteiger partial charge is 0.338 e. The quantitative estimate of drug-likeness (QED) is 0.579. The number of sulfone groups is 1. The second-order valence-electron chi connectivity index (χ2n) is 7.16. The molecule has 2 aromatic carbocycles. The number of benzene rings is 2. The fraction of sp³-hybridized carbons (Fsp3) is 0.227. The van der Waals surface area contributed by atoms with Crippen molar-refractivity contribution in [2.45, 2.75) is 23.0 Å². The Labute approximate surface area is 177 Å². The molecule has 0 bridgehead atoms. The summed E-state index contributed by atoms with van der Waals surface area (Å²) in [7, 11) is -3.53. The molecule has 4 nitrogen and oxygen atoms in total. The van der Waals surface area contributed by atoms with Gasteiger partial charge in [0.1, 0.15) is 11.6 Å². The van der Waals surface area contributed by atoms with Gasteiger partial charge in [-0.1, -0.05) is 18.2 Å². The van der Waals surface area contributed by atoms with E-state index < -0.39 is 32.6 Å². The van der Waals surface area contributed by atoms with Gasteiger partial charge in [0.05, 0.1) is 15.7 Å². The Balaban J connectivity index is 1.44. The maximum Gasteiger partial charge on any atom is 0.256 e. The maximum absolute atomic E-state index is 13.9. The molecule has 4 rings (SSSR count). The molecule has 3 aromatic rings. The predicted molar refractivity (Wildman–Crippen MR) is 112 cm³/mol. The second-order valence-corrected chi connectivity index (χ2v) is 10.3. The lowest BCUT2D eigenvalue weighted by molar-refractivity contribution is 0.0721. The van der Waals surface area contributed by atoms with E-state index in [4.69, 9.17) is 0 Å². The van der Waals surface area contributed by atoms with Gasteiger partial charge in [0, 0.05) is 24.0 Å². The van der Waals surface area contributed by atoms with Gasteiger partial charge in [0.15, 0.2) is 9.84 Å². The third-order valence-corrected chi connectivity index (χ3v) is 8.52. The van der Waals surface area contributed by atoms with E-state index in [1.807, 2.05) is 17.5 Å². The number of carbonyl (C=O) groups is 1. The first-order chi connectivity index (χ1) is 14.4. The molecular weight excluding hydrogens is 428 g/mol. The van der Waals surface area contributed by atoms with Crippen molar-refractivity contribution in [3.63, 3.8) is 0 Å². The third-order valence-electron chi connectivity index (χ3n) is 5.32. The van der Waals surface area contributed by atoms with Gasteiger partial charge >= 0.3 is 0 Å². The molecule has 156 valence electrons. The highest BCUT2D eigenvalue weighted by atomic mass is 32.2. The minimum Gasteiger partial charge on any atom is -0.338 e. The molecule has 0 saturated carbocycles. The van der Waals surface area contributed by atoms with Gasteiger partial charge < -0.3 is 4.90 Å². The molecule has 1 fully saturated rings. The number of nitrogens with zero attached hydrogens (tertiary/aromatic N) is 1. The summed E-state index contributed by atoms with van der Waals surface area (Å²) in [6.45, 7) is 0.402. The van der Waals surface area contributed by atoms with E-state index in [0.29, 0.717) is 6.07 Å². The highest BCUT2D eigenvalue weighted by Crippen LogP contribution is 2.29. The molecule has 2 heterocycles. The fourth-order valence-corrected chi connectivity index (χ4v) is 6.11. The number of rotatable bonds is 4. The number of halogens is 2. The molecule has 0 atom stereocenters. The topological polar surface area (TPSA) is 54.5 Å². The number of carbonyl (C=O) groups excluding carboxylic acids is 1. The van der Waals surface area contributed by atoms with Crippen LogP contribution in [0.1, 0.15) is 23.2 Å². The first-order valence-electron chi connectivity index (χ1n) is 9.48. The van der Waals surface area contributed by atoms with E-state index in [-0.39, 0.29) is 36.4 Å². The van der Waals surface area contributed by atoms with Crippen molar-refractivity contribution in [1.29, 1.82) is 0 Å². The Kier molecular flexibility index (Phi) is 5.71. The number of piperidine rings is 1. The number of amides is 1. The standard InChI is InChI=1S/C22H19F2NO3S2/c23-16-5-8-19(20(24)14-16)22(26)25-11-9-18(10-12-25)30(27,28)17-6-3-15(4-7-17)21-2-1-13-29-21/h1-8,13-14,18H,9-12H2. The van der Waals surface area contributed by atoms with Gasteiger partial charge in [0.2, 0.25) is 0 Å². The Morgan fingerprint density at radius 1 is 1.00 bits per heavy atom. The summed E-state index contributed by atoms with van der Waals surface area (Å²) in [6.07, 6.45) is 0.535. The van der Waals surface area contributed by atoms with Gasteiger partial charge in [-0.2, -0.15) is 0 Å². The van der Waals surface area contributed by atoms with Crippen LogP contribution in [0.2, 0.25) is 0 Å². The van der Waals surface area contributed by atoms with Gasteiger partial charge in [-0.15, -0.1) is 11.3 Å². The molecule has 0 N–H and O–H groups in total. The van der Waals surface area contributed by atoms with Crippen molar-refractivity contribution < 1.29 is 22.0 Å². The number of thiophene rings is 1. The fourth-order valence-electron chi connectivity index (χ4n) is 3.65. The Hall–Kier alpha value is -2.58. The van der Waals surface area contributed by atoms with Crippen molar-refractivity contribution >= 4 is 27.1 Å². The van der Waals surface area contributed by atoms with Crippen LogP contribution >= 0.6 is 11.3 Å². The molecule has 30 heavy (non-hydrogen) atoms. The van der Waals surface area contributed by atoms with E-state index in [2.05, 4.69) is 0 Å². The Morgan fingerprint density at radius 3 is 2.30 bits per heavy atom. The van der Waals surface area contributed by atoms with Crippen molar-refractivity contribution in [1.82, 2.24) is 4.90 Å². The molecule has 0 aliphatic carbocycles. The Bertz CT molecular complexity index is 1150. The van der Waals surface area contributed by atoms with Crippen LogP contribution in [0.4, 0.5) is 8.78 Å². The van der Waals surface area contributed by atoms with Crippen LogP contribution < -0.4 is 0 Å². The first kappa shape index (κ1) is 20.7. The van der Waals surface area contributed by atoms with Crippen molar-refractivity contribution in [2.24, 2.45) is 0 Å². The lowest BCUT2D eigenvalue weighted by Gasteiger charge is -2.32. The molecule has 1 saturated heterocycles. The zero-order valence-corrected chi connectivity index (χ0v) is 17.6. The van der Waals surface area contributed by atoms with Gasteiger partial charge in [-0.25, -0.2) is 17.2 Å². The van der Waals surface area contributed by atoms with Crippen LogP contribution in [0.3, 0.4) is 0 Å².